The summed E-state index contributed by atoms with van der Waals surface area (Å²) in [6.07, 6.45) is 0. The van der Waals surface area contributed by atoms with Crippen LogP contribution in [0, 0.1) is 11.3 Å². The van der Waals surface area contributed by atoms with Crippen LogP contribution in [-0.4, -0.2) is 43.5 Å². The zero-order valence-corrected chi connectivity index (χ0v) is 11.6. The molecule has 0 unspecified atom stereocenters. The van der Waals surface area contributed by atoms with Gasteiger partial charge in [0.1, 0.15) is 0 Å². The number of thioether (sulfide) groups is 1. The molecule has 3 nitrogen and oxygen atoms in total. The van der Waals surface area contributed by atoms with Crippen molar-refractivity contribution in [1.82, 2.24) is 4.90 Å². The fourth-order valence-corrected chi connectivity index (χ4v) is 3.07. The standard InChI is InChI=1S/C13H15ClN2OS/c14-12-9-11(10-15)1-2-13(12)18-8-5-16-3-6-17-7-4-16/h1-2,9H,3-8H2. The van der Waals surface area contributed by atoms with Crippen molar-refractivity contribution < 1.29 is 4.74 Å². The molecular formula is C13H15ClN2OS. The van der Waals surface area contributed by atoms with Crippen LogP contribution in [0.5, 0.6) is 0 Å². The van der Waals surface area contributed by atoms with Gasteiger partial charge in [0.25, 0.3) is 0 Å². The average molecular weight is 283 g/mol. The van der Waals surface area contributed by atoms with E-state index in [-0.39, 0.29) is 0 Å². The van der Waals surface area contributed by atoms with E-state index in [1.54, 1.807) is 17.8 Å². The maximum Gasteiger partial charge on any atom is 0.0992 e. The van der Waals surface area contributed by atoms with Gasteiger partial charge in [-0.3, -0.25) is 4.90 Å². The monoisotopic (exact) mass is 282 g/mol. The topological polar surface area (TPSA) is 36.3 Å². The quantitative estimate of drug-likeness (QED) is 0.796. The molecule has 1 aromatic carbocycles. The molecule has 0 radical (unpaired) electrons. The first-order chi connectivity index (χ1) is 8.79. The van der Waals surface area contributed by atoms with Gasteiger partial charge in [0.05, 0.1) is 29.9 Å². The zero-order chi connectivity index (χ0) is 12.8. The van der Waals surface area contributed by atoms with E-state index in [1.807, 2.05) is 12.1 Å². The van der Waals surface area contributed by atoms with Crippen molar-refractivity contribution in [2.24, 2.45) is 0 Å². The third-order valence-electron chi connectivity index (χ3n) is 2.83. The predicted molar refractivity (Wildman–Crippen MR) is 74.2 cm³/mol. The highest BCUT2D eigenvalue weighted by atomic mass is 35.5. The summed E-state index contributed by atoms with van der Waals surface area (Å²) in [5, 5.41) is 9.43. The van der Waals surface area contributed by atoms with Crippen molar-refractivity contribution in [3.8, 4) is 6.07 Å². The molecule has 2 rings (SSSR count). The Balaban J connectivity index is 1.81. The first kappa shape index (κ1) is 13.7. The molecule has 0 amide bonds. The number of ether oxygens (including phenoxy) is 1. The minimum absolute atomic E-state index is 0.609. The van der Waals surface area contributed by atoms with Crippen LogP contribution in [0.25, 0.3) is 0 Å². The summed E-state index contributed by atoms with van der Waals surface area (Å²) in [6.45, 7) is 4.75. The Morgan fingerprint density at radius 2 is 2.17 bits per heavy atom. The van der Waals surface area contributed by atoms with E-state index in [0.717, 1.165) is 43.5 Å². The van der Waals surface area contributed by atoms with Crippen molar-refractivity contribution in [2.45, 2.75) is 4.90 Å². The van der Waals surface area contributed by atoms with Crippen molar-refractivity contribution in [3.63, 3.8) is 0 Å². The summed E-state index contributed by atoms with van der Waals surface area (Å²) in [7, 11) is 0. The Hall–Kier alpha value is -0.730. The fourth-order valence-electron chi connectivity index (χ4n) is 1.80. The third-order valence-corrected chi connectivity index (χ3v) is 4.31. The van der Waals surface area contributed by atoms with Crippen LogP contribution >= 0.6 is 23.4 Å². The molecule has 0 aromatic heterocycles. The molecule has 0 aliphatic carbocycles. The van der Waals surface area contributed by atoms with Gasteiger partial charge >= 0.3 is 0 Å². The van der Waals surface area contributed by atoms with Crippen molar-refractivity contribution >= 4 is 23.4 Å². The molecule has 1 aliphatic heterocycles. The number of morpholine rings is 1. The molecule has 0 saturated carbocycles. The van der Waals surface area contributed by atoms with Crippen LogP contribution in [0.2, 0.25) is 5.02 Å². The molecule has 0 N–H and O–H groups in total. The molecule has 1 fully saturated rings. The number of benzene rings is 1. The normalized spacial score (nSPS) is 16.4. The molecule has 0 atom stereocenters. The van der Waals surface area contributed by atoms with Gasteiger partial charge in [-0.25, -0.2) is 0 Å². The Bertz CT molecular complexity index is 441. The van der Waals surface area contributed by atoms with Crippen LogP contribution in [-0.2, 0) is 4.74 Å². The number of halogens is 1. The van der Waals surface area contributed by atoms with Crippen molar-refractivity contribution in [2.75, 3.05) is 38.6 Å². The molecule has 1 aliphatic rings. The van der Waals surface area contributed by atoms with Crippen LogP contribution in [0.3, 0.4) is 0 Å². The number of nitriles is 1. The first-order valence-electron chi connectivity index (χ1n) is 5.92. The smallest absolute Gasteiger partial charge is 0.0992 e. The second kappa shape index (κ2) is 7.01. The van der Waals surface area contributed by atoms with E-state index < -0.39 is 0 Å². The van der Waals surface area contributed by atoms with Gasteiger partial charge in [-0.1, -0.05) is 11.6 Å². The summed E-state index contributed by atoms with van der Waals surface area (Å²) in [5.41, 5.74) is 0.609. The van der Waals surface area contributed by atoms with Crippen LogP contribution in [0.15, 0.2) is 23.1 Å². The summed E-state index contributed by atoms with van der Waals surface area (Å²) < 4.78 is 5.31. The molecule has 1 heterocycles. The van der Waals surface area contributed by atoms with E-state index in [4.69, 9.17) is 21.6 Å². The first-order valence-corrected chi connectivity index (χ1v) is 7.28. The Morgan fingerprint density at radius 1 is 1.39 bits per heavy atom. The van der Waals surface area contributed by atoms with Gasteiger partial charge < -0.3 is 4.74 Å². The van der Waals surface area contributed by atoms with Crippen molar-refractivity contribution in [3.05, 3.63) is 28.8 Å². The predicted octanol–water partition coefficient (Wildman–Crippen LogP) is 2.64. The number of hydrogen-bond acceptors (Lipinski definition) is 4. The van der Waals surface area contributed by atoms with E-state index >= 15 is 0 Å². The highest BCUT2D eigenvalue weighted by molar-refractivity contribution is 7.99. The lowest BCUT2D eigenvalue weighted by atomic mass is 10.2. The summed E-state index contributed by atoms with van der Waals surface area (Å²) in [5.74, 6) is 1.01. The lowest BCUT2D eigenvalue weighted by Gasteiger charge is -2.26. The van der Waals surface area contributed by atoms with Crippen LogP contribution in [0.1, 0.15) is 5.56 Å². The molecule has 0 spiro atoms. The molecule has 96 valence electrons. The minimum atomic E-state index is 0.609. The van der Waals surface area contributed by atoms with E-state index in [9.17, 15) is 0 Å². The second-order valence-corrected chi connectivity index (χ2v) is 5.60. The molecule has 18 heavy (non-hydrogen) atoms. The van der Waals surface area contributed by atoms with Crippen molar-refractivity contribution in [1.29, 1.82) is 5.26 Å². The maximum atomic E-state index is 8.77. The Morgan fingerprint density at radius 3 is 2.83 bits per heavy atom. The van der Waals surface area contributed by atoms with Gasteiger partial charge in [0, 0.05) is 30.3 Å². The summed E-state index contributed by atoms with van der Waals surface area (Å²) in [4.78, 5) is 3.44. The average Bonchev–Trinajstić information content (AvgIpc) is 2.42. The van der Waals surface area contributed by atoms with E-state index in [0.29, 0.717) is 10.6 Å². The third kappa shape index (κ3) is 3.89. The van der Waals surface area contributed by atoms with Gasteiger partial charge in [0.15, 0.2) is 0 Å². The molecule has 5 heteroatoms. The second-order valence-electron chi connectivity index (χ2n) is 4.06. The zero-order valence-electron chi connectivity index (χ0n) is 10.1. The number of hydrogen-bond donors (Lipinski definition) is 0. The molecule has 1 aromatic rings. The maximum absolute atomic E-state index is 8.77. The molecule has 0 bridgehead atoms. The minimum Gasteiger partial charge on any atom is -0.379 e. The Kier molecular flexibility index (Phi) is 5.33. The van der Waals surface area contributed by atoms with Gasteiger partial charge in [-0.05, 0) is 18.2 Å². The number of rotatable bonds is 4. The summed E-state index contributed by atoms with van der Waals surface area (Å²) >= 11 is 7.86. The SMILES string of the molecule is N#Cc1ccc(SCCN2CCOCC2)c(Cl)c1. The Labute approximate surface area is 117 Å². The summed E-state index contributed by atoms with van der Waals surface area (Å²) in [6, 6.07) is 7.54. The molecule has 1 saturated heterocycles. The van der Waals surface area contributed by atoms with Gasteiger partial charge in [0.2, 0.25) is 0 Å². The largest absolute Gasteiger partial charge is 0.379 e. The fraction of sp³-hybridized carbons (Fsp3) is 0.462. The number of nitrogens with zero attached hydrogens (tertiary/aromatic N) is 2. The molecular weight excluding hydrogens is 268 g/mol. The lowest BCUT2D eigenvalue weighted by Crippen LogP contribution is -2.37. The highest BCUT2D eigenvalue weighted by Gasteiger charge is 2.10. The van der Waals surface area contributed by atoms with E-state index in [2.05, 4.69) is 11.0 Å². The lowest BCUT2D eigenvalue weighted by molar-refractivity contribution is 0.0410. The highest BCUT2D eigenvalue weighted by Crippen LogP contribution is 2.27. The van der Waals surface area contributed by atoms with Gasteiger partial charge in [-0.15, -0.1) is 11.8 Å². The van der Waals surface area contributed by atoms with Crippen LogP contribution in [0.4, 0.5) is 0 Å². The van der Waals surface area contributed by atoms with E-state index in [1.165, 1.54) is 0 Å². The van der Waals surface area contributed by atoms with Gasteiger partial charge in [-0.2, -0.15) is 5.26 Å². The van der Waals surface area contributed by atoms with Crippen LogP contribution < -0.4 is 0 Å².